The van der Waals surface area contributed by atoms with E-state index >= 15 is 0 Å². The van der Waals surface area contributed by atoms with Crippen LogP contribution in [0, 0.1) is 0 Å². The highest BCUT2D eigenvalue weighted by molar-refractivity contribution is 5.77. The number of unbranched alkanes of at least 4 members (excludes halogenated alkanes) is 1. The minimum absolute atomic E-state index is 0.0105. The Kier molecular flexibility index (Phi) is 6.39. The van der Waals surface area contributed by atoms with Crippen LogP contribution in [0.3, 0.4) is 0 Å². The maximum atomic E-state index is 10.6. The third kappa shape index (κ3) is 7.30. The number of carbonyl (C=O) groups is 2. The Labute approximate surface area is 83.2 Å². The standard InChI is InChI=1S/C9H16N2O3/c1-2-3-4-5-11(6-8(10)12)7-9(13)14/h2H,1,3-7H2,(H2,10,12)(H,13,14). The number of carbonyl (C=O) groups excluding carboxylic acids is 1. The molecule has 3 N–H and O–H groups in total. The van der Waals surface area contributed by atoms with E-state index in [4.69, 9.17) is 10.8 Å². The fraction of sp³-hybridized carbons (Fsp3) is 0.556. The van der Waals surface area contributed by atoms with E-state index in [0.717, 1.165) is 12.8 Å². The first kappa shape index (κ1) is 12.6. The number of nitrogens with two attached hydrogens (primary N) is 1. The van der Waals surface area contributed by atoms with Crippen molar-refractivity contribution < 1.29 is 14.7 Å². The minimum atomic E-state index is -0.954. The zero-order valence-electron chi connectivity index (χ0n) is 8.11. The number of nitrogens with zero attached hydrogens (tertiary/aromatic N) is 1. The molecule has 0 saturated heterocycles. The molecule has 0 aliphatic rings. The summed E-state index contributed by atoms with van der Waals surface area (Å²) in [5.41, 5.74) is 4.98. The van der Waals surface area contributed by atoms with E-state index in [2.05, 4.69) is 6.58 Å². The van der Waals surface area contributed by atoms with Crippen LogP contribution in [0.1, 0.15) is 12.8 Å². The van der Waals surface area contributed by atoms with Crippen LogP contribution >= 0.6 is 0 Å². The summed E-state index contributed by atoms with van der Waals surface area (Å²) < 4.78 is 0. The van der Waals surface area contributed by atoms with Crippen molar-refractivity contribution in [3.63, 3.8) is 0 Å². The highest BCUT2D eigenvalue weighted by atomic mass is 16.4. The van der Waals surface area contributed by atoms with Crippen molar-refractivity contribution in [2.24, 2.45) is 5.73 Å². The molecule has 0 heterocycles. The van der Waals surface area contributed by atoms with Gasteiger partial charge in [0.25, 0.3) is 0 Å². The van der Waals surface area contributed by atoms with Gasteiger partial charge in [0.05, 0.1) is 13.1 Å². The summed E-state index contributed by atoms with van der Waals surface area (Å²) in [6, 6.07) is 0. The molecule has 14 heavy (non-hydrogen) atoms. The summed E-state index contributed by atoms with van der Waals surface area (Å²) in [6.07, 6.45) is 3.34. The molecule has 0 aromatic rings. The Balaban J connectivity index is 3.89. The van der Waals surface area contributed by atoms with Crippen LogP contribution in [0.5, 0.6) is 0 Å². The van der Waals surface area contributed by atoms with Crippen molar-refractivity contribution >= 4 is 11.9 Å². The van der Waals surface area contributed by atoms with Gasteiger partial charge in [-0.1, -0.05) is 6.08 Å². The first-order valence-corrected chi connectivity index (χ1v) is 4.39. The van der Waals surface area contributed by atoms with Crippen molar-refractivity contribution in [2.75, 3.05) is 19.6 Å². The predicted molar refractivity (Wildman–Crippen MR) is 52.7 cm³/mol. The van der Waals surface area contributed by atoms with E-state index in [-0.39, 0.29) is 13.1 Å². The molecule has 5 heteroatoms. The zero-order chi connectivity index (χ0) is 11.0. The van der Waals surface area contributed by atoms with Gasteiger partial charge in [-0.25, -0.2) is 0 Å². The number of aliphatic carboxylic acids is 1. The lowest BCUT2D eigenvalue weighted by atomic mass is 10.3. The predicted octanol–water partition coefficient (Wildman–Crippen LogP) is -0.175. The Morgan fingerprint density at radius 1 is 1.43 bits per heavy atom. The number of hydrogen-bond donors (Lipinski definition) is 2. The molecule has 80 valence electrons. The van der Waals surface area contributed by atoms with E-state index in [1.807, 2.05) is 0 Å². The summed E-state index contributed by atoms with van der Waals surface area (Å²) >= 11 is 0. The number of rotatable bonds is 8. The van der Waals surface area contributed by atoms with Crippen LogP contribution in [-0.4, -0.2) is 41.5 Å². The van der Waals surface area contributed by atoms with Crippen molar-refractivity contribution in [1.82, 2.24) is 4.90 Å². The van der Waals surface area contributed by atoms with Gasteiger partial charge >= 0.3 is 5.97 Å². The number of primary amides is 1. The number of carboxylic acids is 1. The maximum absolute atomic E-state index is 10.6. The second kappa shape index (κ2) is 7.08. The summed E-state index contributed by atoms with van der Waals surface area (Å²) in [6.45, 7) is 3.93. The van der Waals surface area contributed by atoms with Gasteiger partial charge in [0, 0.05) is 0 Å². The normalized spacial score (nSPS) is 10.1. The van der Waals surface area contributed by atoms with Crippen molar-refractivity contribution in [2.45, 2.75) is 12.8 Å². The lowest BCUT2D eigenvalue weighted by Gasteiger charge is -2.17. The molecule has 0 aliphatic heterocycles. The van der Waals surface area contributed by atoms with Crippen LogP contribution in [0.4, 0.5) is 0 Å². The molecule has 0 rings (SSSR count). The number of amides is 1. The summed E-state index contributed by atoms with van der Waals surface area (Å²) in [7, 11) is 0. The number of allylic oxidation sites excluding steroid dienone is 1. The average Bonchev–Trinajstić information content (AvgIpc) is 2.02. The Morgan fingerprint density at radius 2 is 2.07 bits per heavy atom. The molecule has 0 saturated carbocycles. The molecular formula is C9H16N2O3. The zero-order valence-corrected chi connectivity index (χ0v) is 8.11. The quantitative estimate of drug-likeness (QED) is 0.420. The Bertz CT molecular complexity index is 200. The summed E-state index contributed by atoms with van der Waals surface area (Å²) in [4.78, 5) is 22.5. The van der Waals surface area contributed by atoms with Crippen LogP contribution in [-0.2, 0) is 9.59 Å². The lowest BCUT2D eigenvalue weighted by molar-refractivity contribution is -0.138. The maximum Gasteiger partial charge on any atom is 0.317 e. The highest BCUT2D eigenvalue weighted by Crippen LogP contribution is 1.95. The van der Waals surface area contributed by atoms with E-state index in [1.165, 1.54) is 4.90 Å². The minimum Gasteiger partial charge on any atom is -0.480 e. The van der Waals surface area contributed by atoms with Crippen LogP contribution in [0.15, 0.2) is 12.7 Å². The average molecular weight is 200 g/mol. The fourth-order valence-corrected chi connectivity index (χ4v) is 1.08. The summed E-state index contributed by atoms with van der Waals surface area (Å²) in [5, 5.41) is 8.54. The second-order valence-corrected chi connectivity index (χ2v) is 3.00. The molecule has 0 fully saturated rings. The summed E-state index contributed by atoms with van der Waals surface area (Å²) in [5.74, 6) is -1.46. The SMILES string of the molecule is C=CCCCN(CC(N)=O)CC(=O)O. The smallest absolute Gasteiger partial charge is 0.317 e. The lowest BCUT2D eigenvalue weighted by Crippen LogP contribution is -2.37. The van der Waals surface area contributed by atoms with Crippen molar-refractivity contribution in [3.05, 3.63) is 12.7 Å². The van der Waals surface area contributed by atoms with Gasteiger partial charge in [0.1, 0.15) is 0 Å². The monoisotopic (exact) mass is 200 g/mol. The molecule has 5 nitrogen and oxygen atoms in total. The molecule has 0 aromatic carbocycles. The molecule has 0 bridgehead atoms. The van der Waals surface area contributed by atoms with E-state index in [9.17, 15) is 9.59 Å². The Hall–Kier alpha value is -1.36. The van der Waals surface area contributed by atoms with E-state index in [0.29, 0.717) is 6.54 Å². The topological polar surface area (TPSA) is 83.6 Å². The first-order chi connectivity index (χ1) is 6.56. The molecule has 0 aliphatic carbocycles. The van der Waals surface area contributed by atoms with Crippen molar-refractivity contribution in [3.8, 4) is 0 Å². The molecule has 1 amide bonds. The van der Waals surface area contributed by atoms with Crippen LogP contribution < -0.4 is 5.73 Å². The molecule has 0 aromatic heterocycles. The van der Waals surface area contributed by atoms with E-state index < -0.39 is 11.9 Å². The molecule has 0 unspecified atom stereocenters. The van der Waals surface area contributed by atoms with Gasteiger partial charge in [-0.15, -0.1) is 6.58 Å². The molecular weight excluding hydrogens is 184 g/mol. The van der Waals surface area contributed by atoms with Crippen molar-refractivity contribution in [1.29, 1.82) is 0 Å². The third-order valence-corrected chi connectivity index (χ3v) is 1.62. The van der Waals surface area contributed by atoms with Gasteiger partial charge in [-0.05, 0) is 19.4 Å². The van der Waals surface area contributed by atoms with Gasteiger partial charge in [0.15, 0.2) is 0 Å². The van der Waals surface area contributed by atoms with Crippen LogP contribution in [0.2, 0.25) is 0 Å². The molecule has 0 radical (unpaired) electrons. The van der Waals surface area contributed by atoms with E-state index in [1.54, 1.807) is 6.08 Å². The highest BCUT2D eigenvalue weighted by Gasteiger charge is 2.10. The van der Waals surface area contributed by atoms with Gasteiger partial charge in [-0.3, -0.25) is 14.5 Å². The molecule has 0 atom stereocenters. The first-order valence-electron chi connectivity index (χ1n) is 4.39. The number of hydrogen-bond acceptors (Lipinski definition) is 3. The second-order valence-electron chi connectivity index (χ2n) is 3.00. The van der Waals surface area contributed by atoms with Crippen LogP contribution in [0.25, 0.3) is 0 Å². The molecule has 0 spiro atoms. The Morgan fingerprint density at radius 3 is 2.50 bits per heavy atom. The fourth-order valence-electron chi connectivity index (χ4n) is 1.08. The number of carboxylic acid groups (broad SMARTS) is 1. The van der Waals surface area contributed by atoms with Gasteiger partial charge in [-0.2, -0.15) is 0 Å². The third-order valence-electron chi connectivity index (χ3n) is 1.62. The largest absolute Gasteiger partial charge is 0.480 e. The van der Waals surface area contributed by atoms with Gasteiger partial charge in [0.2, 0.25) is 5.91 Å². The van der Waals surface area contributed by atoms with Gasteiger partial charge < -0.3 is 10.8 Å².